The van der Waals surface area contributed by atoms with Gasteiger partial charge in [-0.05, 0) is 42.0 Å². The zero-order chi connectivity index (χ0) is 16.7. The summed E-state index contributed by atoms with van der Waals surface area (Å²) in [5.74, 6) is 0.459. The molecule has 0 fully saturated rings. The van der Waals surface area contributed by atoms with Crippen molar-refractivity contribution in [3.8, 4) is 16.8 Å². The maximum absolute atomic E-state index is 6.14. The highest BCUT2D eigenvalue weighted by Gasteiger charge is 2.15. The van der Waals surface area contributed by atoms with E-state index in [1.807, 2.05) is 59.3 Å². The Balaban J connectivity index is 2.01. The molecule has 0 aliphatic heterocycles. The average molecular weight is 400 g/mol. The summed E-state index contributed by atoms with van der Waals surface area (Å²) in [6.07, 6.45) is 3.51. The smallest absolute Gasteiger partial charge is 0.150 e. The Labute approximate surface area is 152 Å². The van der Waals surface area contributed by atoms with Crippen molar-refractivity contribution in [2.75, 3.05) is 5.73 Å². The second-order valence-corrected chi connectivity index (χ2v) is 6.71. The van der Waals surface area contributed by atoms with Gasteiger partial charge >= 0.3 is 0 Å². The molecule has 2 aromatic heterocycles. The van der Waals surface area contributed by atoms with Crippen molar-refractivity contribution in [1.29, 1.82) is 0 Å². The fourth-order valence-corrected chi connectivity index (χ4v) is 3.12. The molecule has 2 heterocycles. The third-order valence-corrected chi connectivity index (χ3v) is 4.65. The van der Waals surface area contributed by atoms with E-state index in [9.17, 15) is 0 Å². The van der Waals surface area contributed by atoms with E-state index in [0.29, 0.717) is 10.8 Å². The molecule has 0 saturated heterocycles. The van der Waals surface area contributed by atoms with Crippen LogP contribution in [-0.2, 0) is 0 Å². The molecule has 0 atom stereocenters. The van der Waals surface area contributed by atoms with Gasteiger partial charge in [0.15, 0.2) is 5.65 Å². The first-order valence-electron chi connectivity index (χ1n) is 7.27. The molecule has 4 rings (SSSR count). The number of hydrogen-bond donors (Lipinski definition) is 1. The van der Waals surface area contributed by atoms with Crippen LogP contribution in [0.3, 0.4) is 0 Å². The monoisotopic (exact) mass is 398 g/mol. The number of benzene rings is 2. The van der Waals surface area contributed by atoms with Crippen LogP contribution in [0.15, 0.2) is 65.5 Å². The Kier molecular flexibility index (Phi) is 3.75. The molecule has 4 aromatic rings. The highest BCUT2D eigenvalue weighted by Crippen LogP contribution is 2.34. The predicted molar refractivity (Wildman–Crippen MR) is 101 cm³/mol. The number of aromatic nitrogens is 3. The lowest BCUT2D eigenvalue weighted by molar-refractivity contribution is 1.08. The first-order valence-corrected chi connectivity index (χ1v) is 8.44. The van der Waals surface area contributed by atoms with Crippen LogP contribution in [0.1, 0.15) is 0 Å². The number of nitrogen functional groups attached to an aromatic ring is 1. The predicted octanol–water partition coefficient (Wildman–Crippen LogP) is 5.09. The van der Waals surface area contributed by atoms with Crippen LogP contribution >= 0.6 is 27.5 Å². The summed E-state index contributed by atoms with van der Waals surface area (Å²) < 4.78 is 3.04. The van der Waals surface area contributed by atoms with Gasteiger partial charge in [-0.1, -0.05) is 39.7 Å². The van der Waals surface area contributed by atoms with Gasteiger partial charge in [0.05, 0.1) is 5.39 Å². The van der Waals surface area contributed by atoms with Crippen LogP contribution in [0, 0.1) is 0 Å². The first kappa shape index (κ1) is 15.2. The van der Waals surface area contributed by atoms with E-state index in [1.165, 1.54) is 6.33 Å². The van der Waals surface area contributed by atoms with E-state index in [1.54, 1.807) is 0 Å². The van der Waals surface area contributed by atoms with Crippen LogP contribution in [-0.4, -0.2) is 14.5 Å². The number of anilines is 1. The van der Waals surface area contributed by atoms with Crippen molar-refractivity contribution < 1.29 is 0 Å². The number of nitrogens with two attached hydrogens (primary N) is 1. The summed E-state index contributed by atoms with van der Waals surface area (Å²) in [7, 11) is 0. The van der Waals surface area contributed by atoms with Gasteiger partial charge in [-0.15, -0.1) is 0 Å². The Morgan fingerprint density at radius 3 is 2.38 bits per heavy atom. The Bertz CT molecular complexity index is 1020. The van der Waals surface area contributed by atoms with Crippen LogP contribution in [0.2, 0.25) is 5.02 Å². The molecule has 0 amide bonds. The molecule has 24 heavy (non-hydrogen) atoms. The molecule has 0 bridgehead atoms. The number of rotatable bonds is 2. The largest absolute Gasteiger partial charge is 0.383 e. The average Bonchev–Trinajstić information content (AvgIpc) is 2.97. The fourth-order valence-electron chi connectivity index (χ4n) is 2.73. The van der Waals surface area contributed by atoms with Gasteiger partial charge < -0.3 is 10.3 Å². The summed E-state index contributed by atoms with van der Waals surface area (Å²) in [6, 6.07) is 15.7. The zero-order valence-electron chi connectivity index (χ0n) is 12.4. The molecule has 6 heteroatoms. The Morgan fingerprint density at radius 2 is 1.67 bits per heavy atom. The molecule has 118 valence electrons. The van der Waals surface area contributed by atoms with Gasteiger partial charge in [-0.2, -0.15) is 0 Å². The van der Waals surface area contributed by atoms with Crippen LogP contribution in [0.5, 0.6) is 0 Å². The summed E-state index contributed by atoms with van der Waals surface area (Å²) >= 11 is 9.47. The van der Waals surface area contributed by atoms with Gasteiger partial charge in [0.2, 0.25) is 0 Å². The normalized spacial score (nSPS) is 11.1. The maximum Gasteiger partial charge on any atom is 0.150 e. The van der Waals surface area contributed by atoms with Gasteiger partial charge in [0.1, 0.15) is 12.1 Å². The molecule has 0 aliphatic carbocycles. The Hall–Kier alpha value is -2.37. The summed E-state index contributed by atoms with van der Waals surface area (Å²) in [5, 5.41) is 1.53. The summed E-state index contributed by atoms with van der Waals surface area (Å²) in [4.78, 5) is 8.59. The molecule has 4 nitrogen and oxygen atoms in total. The second kappa shape index (κ2) is 5.92. The molecule has 0 unspecified atom stereocenters. The molecule has 2 N–H and O–H groups in total. The van der Waals surface area contributed by atoms with Crippen LogP contribution in [0.25, 0.3) is 27.8 Å². The summed E-state index contributed by atoms with van der Waals surface area (Å²) in [5.41, 5.74) is 9.91. The van der Waals surface area contributed by atoms with Crippen LogP contribution < -0.4 is 5.73 Å². The third-order valence-electron chi connectivity index (χ3n) is 3.87. The minimum atomic E-state index is 0.459. The molecular formula is C18H12BrClN4. The number of hydrogen-bond acceptors (Lipinski definition) is 3. The molecule has 0 saturated carbocycles. The lowest BCUT2D eigenvalue weighted by Gasteiger charge is -2.04. The highest BCUT2D eigenvalue weighted by molar-refractivity contribution is 9.10. The lowest BCUT2D eigenvalue weighted by atomic mass is 10.1. The van der Waals surface area contributed by atoms with E-state index < -0.39 is 0 Å². The minimum Gasteiger partial charge on any atom is -0.383 e. The van der Waals surface area contributed by atoms with Gasteiger partial charge in [0.25, 0.3) is 0 Å². The van der Waals surface area contributed by atoms with Gasteiger partial charge in [-0.25, -0.2) is 9.97 Å². The maximum atomic E-state index is 6.14. The third kappa shape index (κ3) is 2.56. The number of fused-ring (bicyclic) bond motifs is 1. The number of halogens is 2. The van der Waals surface area contributed by atoms with Crippen molar-refractivity contribution in [2.24, 2.45) is 0 Å². The van der Waals surface area contributed by atoms with Gasteiger partial charge in [-0.3, -0.25) is 0 Å². The minimum absolute atomic E-state index is 0.459. The highest BCUT2D eigenvalue weighted by atomic mass is 79.9. The molecule has 2 aromatic carbocycles. The van der Waals surface area contributed by atoms with Gasteiger partial charge in [0, 0.05) is 26.9 Å². The van der Waals surface area contributed by atoms with Crippen molar-refractivity contribution in [1.82, 2.24) is 14.5 Å². The van der Waals surface area contributed by atoms with E-state index in [4.69, 9.17) is 17.3 Å². The zero-order valence-corrected chi connectivity index (χ0v) is 14.8. The first-order chi connectivity index (χ1) is 11.6. The number of nitrogens with zero attached hydrogens (tertiary/aromatic N) is 3. The quantitative estimate of drug-likeness (QED) is 0.511. The van der Waals surface area contributed by atoms with E-state index >= 15 is 0 Å². The fraction of sp³-hybridized carbons (Fsp3) is 0. The van der Waals surface area contributed by atoms with E-state index in [-0.39, 0.29) is 0 Å². The molecular weight excluding hydrogens is 388 g/mol. The molecule has 0 aliphatic rings. The van der Waals surface area contributed by atoms with Crippen molar-refractivity contribution >= 4 is 44.4 Å². The van der Waals surface area contributed by atoms with E-state index in [2.05, 4.69) is 25.9 Å². The summed E-state index contributed by atoms with van der Waals surface area (Å²) in [6.45, 7) is 0. The standard InChI is InChI=1S/C18H12BrClN4/c19-12-3-7-14(8-4-12)24-9-15(11-1-5-13(20)6-2-11)16-17(21)22-10-23-18(16)24/h1-10H,(H2,21,22,23). The topological polar surface area (TPSA) is 56.7 Å². The van der Waals surface area contributed by atoms with Crippen LogP contribution in [0.4, 0.5) is 5.82 Å². The van der Waals surface area contributed by atoms with Crippen molar-refractivity contribution in [3.05, 3.63) is 70.6 Å². The van der Waals surface area contributed by atoms with E-state index in [0.717, 1.165) is 32.3 Å². The van der Waals surface area contributed by atoms with Crippen molar-refractivity contribution in [3.63, 3.8) is 0 Å². The molecule has 0 spiro atoms. The van der Waals surface area contributed by atoms with Crippen molar-refractivity contribution in [2.45, 2.75) is 0 Å². The lowest BCUT2D eigenvalue weighted by Crippen LogP contribution is -1.96. The Morgan fingerprint density at radius 1 is 0.958 bits per heavy atom. The SMILES string of the molecule is Nc1ncnc2c1c(-c1ccc(Cl)cc1)cn2-c1ccc(Br)cc1. The second-order valence-electron chi connectivity index (χ2n) is 5.35. The molecule has 0 radical (unpaired) electrons.